The second-order valence-corrected chi connectivity index (χ2v) is 3.85. The first-order chi connectivity index (χ1) is 6.81. The lowest BCUT2D eigenvalue weighted by Gasteiger charge is -2.10. The van der Waals surface area contributed by atoms with Crippen LogP contribution < -0.4 is 5.32 Å². The fourth-order valence-corrected chi connectivity index (χ4v) is 2.13. The quantitative estimate of drug-likeness (QED) is 0.380. The molecule has 0 aliphatic heterocycles. The van der Waals surface area contributed by atoms with E-state index in [2.05, 4.69) is 28.5 Å². The molecule has 2 nitrogen and oxygen atoms in total. The fourth-order valence-electron chi connectivity index (χ4n) is 2.13. The molecule has 0 saturated heterocycles. The van der Waals surface area contributed by atoms with Gasteiger partial charge in [-0.15, -0.1) is 0 Å². The molecule has 1 saturated carbocycles. The van der Waals surface area contributed by atoms with Crippen LogP contribution in [0.25, 0.3) is 0 Å². The highest BCUT2D eigenvalue weighted by Crippen LogP contribution is 2.42. The zero-order chi connectivity index (χ0) is 10.4. The summed E-state index contributed by atoms with van der Waals surface area (Å²) in [5, 5.41) is 2.75. The molecule has 0 radical (unpaired) electrons. The van der Waals surface area contributed by atoms with Crippen molar-refractivity contribution in [2.45, 2.75) is 12.8 Å². The summed E-state index contributed by atoms with van der Waals surface area (Å²) in [7, 11) is 3.75. The maximum atomic E-state index is 5.04. The minimum absolute atomic E-state index is 0.626. The fraction of sp³-hybridized carbons (Fsp3) is 0.583. The molecule has 0 amide bonds. The topological polar surface area (TPSA) is 24.4 Å². The van der Waals surface area contributed by atoms with E-state index in [1.807, 2.05) is 20.3 Å². The number of terminal acetylenes is 1. The van der Waals surface area contributed by atoms with Crippen LogP contribution in [-0.4, -0.2) is 20.3 Å². The molecule has 2 bridgehead atoms. The lowest BCUT2D eigenvalue weighted by atomic mass is 9.95. The van der Waals surface area contributed by atoms with Crippen LogP contribution >= 0.6 is 0 Å². The zero-order valence-electron chi connectivity index (χ0n) is 8.90. The number of hydrogen-bond donors (Lipinski definition) is 1. The first kappa shape index (κ1) is 11.0. The van der Waals surface area contributed by atoms with Gasteiger partial charge in [-0.2, -0.15) is 0 Å². The third-order valence-electron chi connectivity index (χ3n) is 2.67. The Morgan fingerprint density at radius 1 is 1.43 bits per heavy atom. The van der Waals surface area contributed by atoms with E-state index in [0.29, 0.717) is 5.92 Å². The van der Waals surface area contributed by atoms with Crippen molar-refractivity contribution in [1.29, 1.82) is 0 Å². The van der Waals surface area contributed by atoms with Crippen LogP contribution in [0.1, 0.15) is 12.8 Å². The van der Waals surface area contributed by atoms with Crippen LogP contribution in [0.3, 0.4) is 0 Å². The lowest BCUT2D eigenvalue weighted by molar-refractivity contribution is 0.595. The molecule has 2 heteroatoms. The van der Waals surface area contributed by atoms with Gasteiger partial charge in [0.2, 0.25) is 0 Å². The van der Waals surface area contributed by atoms with E-state index in [9.17, 15) is 0 Å². The third kappa shape index (κ3) is 2.71. The van der Waals surface area contributed by atoms with Gasteiger partial charge in [0.05, 0.1) is 0 Å². The van der Waals surface area contributed by atoms with Crippen LogP contribution in [0, 0.1) is 30.2 Å². The SMILES string of the molecule is C#CN=C[C@@H]1CC2C=CC1C2.CNC. The molecule has 0 aromatic carbocycles. The molecule has 2 aliphatic rings. The first-order valence-corrected chi connectivity index (χ1v) is 5.07. The highest BCUT2D eigenvalue weighted by molar-refractivity contribution is 5.64. The Bertz CT molecular complexity index is 260. The van der Waals surface area contributed by atoms with E-state index >= 15 is 0 Å². The molecule has 76 valence electrons. The summed E-state index contributed by atoms with van der Waals surface area (Å²) in [6, 6.07) is 2.30. The Hall–Kier alpha value is -1.07. The van der Waals surface area contributed by atoms with Crippen LogP contribution in [-0.2, 0) is 0 Å². The Balaban J connectivity index is 0.000000293. The maximum absolute atomic E-state index is 5.04. The minimum atomic E-state index is 0.626. The van der Waals surface area contributed by atoms with Crippen molar-refractivity contribution in [1.82, 2.24) is 5.32 Å². The summed E-state index contributed by atoms with van der Waals surface area (Å²) in [6.45, 7) is 0. The molecule has 2 rings (SSSR count). The zero-order valence-corrected chi connectivity index (χ0v) is 8.90. The monoisotopic (exact) mass is 190 g/mol. The normalized spacial score (nSPS) is 32.8. The van der Waals surface area contributed by atoms with Gasteiger partial charge in [-0.1, -0.05) is 18.6 Å². The van der Waals surface area contributed by atoms with Gasteiger partial charge in [0.1, 0.15) is 0 Å². The molecule has 0 spiro atoms. The van der Waals surface area contributed by atoms with Crippen LogP contribution in [0.4, 0.5) is 0 Å². The summed E-state index contributed by atoms with van der Waals surface area (Å²) in [6.07, 6.45) is 14.2. The van der Waals surface area contributed by atoms with E-state index in [0.717, 1.165) is 11.8 Å². The van der Waals surface area contributed by atoms with Crippen molar-refractivity contribution >= 4 is 6.21 Å². The van der Waals surface area contributed by atoms with Crippen LogP contribution in [0.5, 0.6) is 0 Å². The van der Waals surface area contributed by atoms with E-state index in [1.165, 1.54) is 12.8 Å². The van der Waals surface area contributed by atoms with E-state index in [4.69, 9.17) is 6.42 Å². The molecule has 2 unspecified atom stereocenters. The Morgan fingerprint density at radius 2 is 2.14 bits per heavy atom. The molecule has 0 aromatic heterocycles. The Labute approximate surface area is 86.5 Å². The summed E-state index contributed by atoms with van der Waals surface area (Å²) >= 11 is 0. The minimum Gasteiger partial charge on any atom is -0.323 e. The molecule has 3 atom stereocenters. The van der Waals surface area contributed by atoms with Crippen molar-refractivity contribution in [3.63, 3.8) is 0 Å². The van der Waals surface area contributed by atoms with Gasteiger partial charge in [-0.3, -0.25) is 0 Å². The molecule has 1 fully saturated rings. The Kier molecular flexibility index (Phi) is 4.42. The summed E-state index contributed by atoms with van der Waals surface area (Å²) in [4.78, 5) is 3.84. The molecular weight excluding hydrogens is 172 g/mol. The van der Waals surface area contributed by atoms with E-state index in [-0.39, 0.29) is 0 Å². The summed E-state index contributed by atoms with van der Waals surface area (Å²) in [5.41, 5.74) is 0. The molecule has 14 heavy (non-hydrogen) atoms. The highest BCUT2D eigenvalue weighted by Gasteiger charge is 2.34. The second kappa shape index (κ2) is 5.62. The number of hydrogen-bond acceptors (Lipinski definition) is 2. The van der Waals surface area contributed by atoms with Crippen LogP contribution in [0.15, 0.2) is 17.1 Å². The highest BCUT2D eigenvalue weighted by atomic mass is 14.7. The number of aliphatic imine (C=N–C) groups is 1. The van der Waals surface area contributed by atoms with Gasteiger partial charge < -0.3 is 5.32 Å². The maximum Gasteiger partial charge on any atom is 0.0298 e. The van der Waals surface area contributed by atoms with Crippen molar-refractivity contribution in [2.75, 3.05) is 14.1 Å². The average Bonchev–Trinajstić information content (AvgIpc) is 2.77. The molecular formula is C12H18N2. The average molecular weight is 190 g/mol. The van der Waals surface area contributed by atoms with Gasteiger partial charge in [0, 0.05) is 18.2 Å². The molecule has 1 N–H and O–H groups in total. The second-order valence-electron chi connectivity index (χ2n) is 3.85. The standard InChI is InChI=1S/C10H11N.C2H7N/c1-2-11-7-10-6-8-3-4-9(10)5-8;1-3-2/h1,3-4,7-10H,5-6H2;3H,1-2H3/t8?,9?,10-;/m0./s1. The van der Waals surface area contributed by atoms with Crippen molar-refractivity contribution in [2.24, 2.45) is 22.7 Å². The summed E-state index contributed by atoms with van der Waals surface area (Å²) in [5.74, 6) is 2.17. The van der Waals surface area contributed by atoms with Crippen molar-refractivity contribution in [3.8, 4) is 12.5 Å². The predicted molar refractivity (Wildman–Crippen MR) is 61.2 cm³/mol. The number of nitrogens with one attached hydrogen (secondary N) is 1. The number of allylic oxidation sites excluding steroid dienone is 2. The van der Waals surface area contributed by atoms with Crippen molar-refractivity contribution in [3.05, 3.63) is 12.2 Å². The van der Waals surface area contributed by atoms with E-state index < -0.39 is 0 Å². The van der Waals surface area contributed by atoms with Gasteiger partial charge in [0.25, 0.3) is 0 Å². The third-order valence-corrected chi connectivity index (χ3v) is 2.67. The van der Waals surface area contributed by atoms with Crippen molar-refractivity contribution < 1.29 is 0 Å². The van der Waals surface area contributed by atoms with Gasteiger partial charge in [0.15, 0.2) is 0 Å². The first-order valence-electron chi connectivity index (χ1n) is 5.07. The number of rotatable bonds is 1. The largest absolute Gasteiger partial charge is 0.323 e. The molecule has 0 heterocycles. The van der Waals surface area contributed by atoms with Gasteiger partial charge in [-0.25, -0.2) is 4.99 Å². The Morgan fingerprint density at radius 3 is 2.57 bits per heavy atom. The number of nitrogens with zero attached hydrogens (tertiary/aromatic N) is 1. The smallest absolute Gasteiger partial charge is 0.0298 e. The lowest BCUT2D eigenvalue weighted by Crippen LogP contribution is -2.07. The van der Waals surface area contributed by atoms with Crippen LogP contribution in [0.2, 0.25) is 0 Å². The summed E-state index contributed by atoms with van der Waals surface area (Å²) < 4.78 is 0. The molecule has 0 aromatic rings. The van der Waals surface area contributed by atoms with E-state index in [1.54, 1.807) is 0 Å². The predicted octanol–water partition coefficient (Wildman–Crippen LogP) is 1.70. The number of fused-ring (bicyclic) bond motifs is 2. The molecule has 2 aliphatic carbocycles. The van der Waals surface area contributed by atoms with Gasteiger partial charge in [-0.05, 0) is 38.8 Å². The van der Waals surface area contributed by atoms with Gasteiger partial charge >= 0.3 is 0 Å².